The smallest absolute Gasteiger partial charge is 0.256 e. The molecule has 2 amide bonds. The number of anilines is 1. The predicted molar refractivity (Wildman–Crippen MR) is 96.3 cm³/mol. The van der Waals surface area contributed by atoms with Crippen LogP contribution in [0.5, 0.6) is 11.5 Å². The number of fused-ring (bicyclic) bond motifs is 2. The second-order valence-electron chi connectivity index (χ2n) is 6.60. The van der Waals surface area contributed by atoms with E-state index in [9.17, 15) is 14.7 Å². The highest BCUT2D eigenvalue weighted by atomic mass is 16.5. The first-order valence-corrected chi connectivity index (χ1v) is 8.67. The maximum Gasteiger partial charge on any atom is 0.256 e. The van der Waals surface area contributed by atoms with Gasteiger partial charge in [-0.15, -0.1) is 0 Å². The number of hydrogen-bond donors (Lipinski definition) is 1. The number of carbonyl (C=O) groups excluding carboxylic acids is 2. The average Bonchev–Trinajstić information content (AvgIpc) is 3.13. The first-order chi connectivity index (χ1) is 12.6. The van der Waals surface area contributed by atoms with Gasteiger partial charge in [-0.05, 0) is 42.7 Å². The molecule has 134 valence electrons. The number of hydrogen-bond acceptors (Lipinski definition) is 4. The highest BCUT2D eigenvalue weighted by molar-refractivity contribution is 6.12. The molecule has 6 heteroatoms. The van der Waals surface area contributed by atoms with E-state index in [1.807, 2.05) is 24.3 Å². The molecule has 6 nitrogen and oxygen atoms in total. The second-order valence-corrected chi connectivity index (χ2v) is 6.60. The van der Waals surface area contributed by atoms with E-state index in [1.54, 1.807) is 29.0 Å². The molecule has 2 aliphatic rings. The quantitative estimate of drug-likeness (QED) is 0.922. The van der Waals surface area contributed by atoms with E-state index in [-0.39, 0.29) is 24.1 Å². The van der Waals surface area contributed by atoms with Crippen LogP contribution >= 0.6 is 0 Å². The predicted octanol–water partition coefficient (Wildman–Crippen LogP) is 2.55. The Hall–Kier alpha value is -3.02. The van der Waals surface area contributed by atoms with Gasteiger partial charge in [0.2, 0.25) is 5.91 Å². The standard InChI is InChI=1S/C20H20N2O4/c1-26-14-9-7-13(8-10-14)12-22-18-15(4-2-6-17(18)23)19(24)21-11-3-5-16(21)20(22)25/h2,4,6-10,16,23H,3,5,11-12H2,1H3/t16-/m0/s1. The van der Waals surface area contributed by atoms with Crippen LogP contribution in [-0.2, 0) is 11.3 Å². The summed E-state index contributed by atoms with van der Waals surface area (Å²) in [5.74, 6) is 0.339. The van der Waals surface area contributed by atoms with Gasteiger partial charge >= 0.3 is 0 Å². The summed E-state index contributed by atoms with van der Waals surface area (Å²) in [4.78, 5) is 29.3. The minimum atomic E-state index is -0.465. The van der Waals surface area contributed by atoms with Crippen LogP contribution in [0.25, 0.3) is 0 Å². The summed E-state index contributed by atoms with van der Waals surface area (Å²) >= 11 is 0. The van der Waals surface area contributed by atoms with Gasteiger partial charge in [-0.25, -0.2) is 0 Å². The van der Waals surface area contributed by atoms with Crippen LogP contribution in [0.15, 0.2) is 42.5 Å². The Bertz CT molecular complexity index is 863. The van der Waals surface area contributed by atoms with Gasteiger partial charge < -0.3 is 19.6 Å². The van der Waals surface area contributed by atoms with Crippen LogP contribution in [0.2, 0.25) is 0 Å². The Balaban J connectivity index is 1.79. The molecule has 2 aromatic rings. The number of para-hydroxylation sites is 1. The maximum absolute atomic E-state index is 13.2. The fourth-order valence-corrected chi connectivity index (χ4v) is 3.77. The molecule has 26 heavy (non-hydrogen) atoms. The average molecular weight is 352 g/mol. The first-order valence-electron chi connectivity index (χ1n) is 8.67. The fraction of sp³-hybridized carbons (Fsp3) is 0.300. The molecule has 0 aromatic heterocycles. The lowest BCUT2D eigenvalue weighted by atomic mass is 10.1. The molecule has 2 aliphatic heterocycles. The van der Waals surface area contributed by atoms with Crippen molar-refractivity contribution in [3.63, 3.8) is 0 Å². The summed E-state index contributed by atoms with van der Waals surface area (Å²) in [6, 6.07) is 11.8. The van der Waals surface area contributed by atoms with Crippen LogP contribution in [0.4, 0.5) is 5.69 Å². The summed E-state index contributed by atoms with van der Waals surface area (Å²) in [5.41, 5.74) is 1.57. The van der Waals surface area contributed by atoms with Crippen LogP contribution in [0.1, 0.15) is 28.8 Å². The Morgan fingerprint density at radius 1 is 1.15 bits per heavy atom. The molecule has 0 spiro atoms. The normalized spacial score (nSPS) is 19.2. The number of aromatic hydroxyl groups is 1. The number of benzene rings is 2. The number of phenols is 1. The van der Waals surface area contributed by atoms with Crippen molar-refractivity contribution in [1.82, 2.24) is 4.90 Å². The molecular formula is C20H20N2O4. The Morgan fingerprint density at radius 3 is 2.65 bits per heavy atom. The molecular weight excluding hydrogens is 332 g/mol. The molecule has 0 unspecified atom stereocenters. The monoisotopic (exact) mass is 352 g/mol. The van der Waals surface area contributed by atoms with Gasteiger partial charge in [0.25, 0.3) is 5.91 Å². The van der Waals surface area contributed by atoms with Crippen molar-refractivity contribution < 1.29 is 19.4 Å². The van der Waals surface area contributed by atoms with Crippen LogP contribution in [-0.4, -0.2) is 41.5 Å². The number of methoxy groups -OCH3 is 1. The zero-order valence-corrected chi connectivity index (χ0v) is 14.5. The summed E-state index contributed by atoms with van der Waals surface area (Å²) in [5, 5.41) is 10.4. The van der Waals surface area contributed by atoms with Crippen LogP contribution in [0, 0.1) is 0 Å². The van der Waals surface area contributed by atoms with Gasteiger partial charge in [0.05, 0.1) is 24.9 Å². The number of ether oxygens (including phenoxy) is 1. The molecule has 0 aliphatic carbocycles. The number of phenolic OH excluding ortho intramolecular Hbond substituents is 1. The van der Waals surface area contributed by atoms with E-state index in [1.165, 1.54) is 6.07 Å². The van der Waals surface area contributed by atoms with Crippen molar-refractivity contribution in [3.05, 3.63) is 53.6 Å². The van der Waals surface area contributed by atoms with E-state index in [2.05, 4.69) is 0 Å². The molecule has 1 saturated heterocycles. The van der Waals surface area contributed by atoms with Crippen molar-refractivity contribution >= 4 is 17.5 Å². The SMILES string of the molecule is COc1ccc(CN2C(=O)[C@@H]3CCCN3C(=O)c3cccc(O)c32)cc1. The number of carbonyl (C=O) groups is 2. The van der Waals surface area contributed by atoms with Crippen molar-refractivity contribution in [2.24, 2.45) is 0 Å². The number of amides is 2. The van der Waals surface area contributed by atoms with Gasteiger partial charge in [-0.3, -0.25) is 9.59 Å². The molecule has 2 aromatic carbocycles. The zero-order valence-electron chi connectivity index (χ0n) is 14.5. The third-order valence-corrected chi connectivity index (χ3v) is 5.08. The Labute approximate surface area is 151 Å². The first kappa shape index (κ1) is 16.4. The van der Waals surface area contributed by atoms with Crippen LogP contribution < -0.4 is 9.64 Å². The maximum atomic E-state index is 13.2. The molecule has 1 atom stereocenters. The van der Waals surface area contributed by atoms with Crippen molar-refractivity contribution in [1.29, 1.82) is 0 Å². The summed E-state index contributed by atoms with van der Waals surface area (Å²) in [6.45, 7) is 0.853. The Kier molecular flexibility index (Phi) is 4.03. The molecule has 0 bridgehead atoms. The minimum Gasteiger partial charge on any atom is -0.506 e. The molecule has 0 radical (unpaired) electrons. The summed E-state index contributed by atoms with van der Waals surface area (Å²) in [6.07, 6.45) is 1.46. The molecule has 4 rings (SSSR count). The van der Waals surface area contributed by atoms with E-state index in [0.29, 0.717) is 24.2 Å². The lowest BCUT2D eigenvalue weighted by molar-refractivity contribution is -0.122. The van der Waals surface area contributed by atoms with Gasteiger partial charge in [0, 0.05) is 6.54 Å². The molecule has 1 fully saturated rings. The van der Waals surface area contributed by atoms with E-state index < -0.39 is 6.04 Å². The Morgan fingerprint density at radius 2 is 1.92 bits per heavy atom. The van der Waals surface area contributed by atoms with Crippen molar-refractivity contribution in [2.75, 3.05) is 18.6 Å². The third kappa shape index (κ3) is 2.58. The van der Waals surface area contributed by atoms with Crippen LogP contribution in [0.3, 0.4) is 0 Å². The zero-order chi connectivity index (χ0) is 18.3. The van der Waals surface area contributed by atoms with Gasteiger partial charge in [0.1, 0.15) is 17.5 Å². The highest BCUT2D eigenvalue weighted by Crippen LogP contribution is 2.38. The third-order valence-electron chi connectivity index (χ3n) is 5.08. The van der Waals surface area contributed by atoms with Gasteiger partial charge in [0.15, 0.2) is 0 Å². The lowest BCUT2D eigenvalue weighted by Gasteiger charge is -2.26. The molecule has 1 N–H and O–H groups in total. The van der Waals surface area contributed by atoms with E-state index in [0.717, 1.165) is 17.7 Å². The topological polar surface area (TPSA) is 70.1 Å². The van der Waals surface area contributed by atoms with Crippen molar-refractivity contribution in [2.45, 2.75) is 25.4 Å². The van der Waals surface area contributed by atoms with Gasteiger partial charge in [-0.2, -0.15) is 0 Å². The number of rotatable bonds is 3. The van der Waals surface area contributed by atoms with Crippen molar-refractivity contribution in [3.8, 4) is 11.5 Å². The molecule has 2 heterocycles. The number of nitrogens with zero attached hydrogens (tertiary/aromatic N) is 2. The fourth-order valence-electron chi connectivity index (χ4n) is 3.77. The van der Waals surface area contributed by atoms with E-state index in [4.69, 9.17) is 4.74 Å². The van der Waals surface area contributed by atoms with E-state index >= 15 is 0 Å². The minimum absolute atomic E-state index is 0.0566. The molecule has 0 saturated carbocycles. The van der Waals surface area contributed by atoms with Gasteiger partial charge in [-0.1, -0.05) is 18.2 Å². The lowest BCUT2D eigenvalue weighted by Crippen LogP contribution is -2.44. The summed E-state index contributed by atoms with van der Waals surface area (Å²) < 4.78 is 5.17. The largest absolute Gasteiger partial charge is 0.506 e. The highest BCUT2D eigenvalue weighted by Gasteiger charge is 2.42. The summed E-state index contributed by atoms with van der Waals surface area (Å²) in [7, 11) is 1.60. The second kappa shape index (κ2) is 6.37.